The number of aryl methyl sites for hydroxylation is 1. The smallest absolute Gasteiger partial charge is 0.227 e. The number of nitrogens with one attached hydrogen (secondary N) is 1. The molecule has 3 N–H and O–H groups in total. The molecule has 0 saturated carbocycles. The Morgan fingerprint density at radius 3 is 2.73 bits per heavy atom. The van der Waals surface area contributed by atoms with Crippen LogP contribution in [0.15, 0.2) is 60.2 Å². The number of fused-ring (bicyclic) bond motifs is 1. The molecule has 0 aliphatic rings. The largest absolute Gasteiger partial charge is 0.489 e. The normalized spacial score (nSPS) is 12.1. The minimum Gasteiger partial charge on any atom is -0.489 e. The monoisotopic (exact) mass is 442 g/mol. The Balaban J connectivity index is 1.74. The Morgan fingerprint density at radius 1 is 1.18 bits per heavy atom. The van der Waals surface area contributed by atoms with Crippen LogP contribution >= 0.6 is 0 Å². The number of ether oxygens (including phenoxy) is 1. The van der Waals surface area contributed by atoms with Crippen LogP contribution in [-0.2, 0) is 7.05 Å². The summed E-state index contributed by atoms with van der Waals surface area (Å²) in [4.78, 5) is 17.7. The SMILES string of the molecule is CN=CC(=CN)c1nccc2cnc(Nc3ccc(-c4cnn(C)c4)cc3OC(C)C)nc12. The maximum absolute atomic E-state index is 6.08. The lowest BCUT2D eigenvalue weighted by atomic mass is 10.1. The summed E-state index contributed by atoms with van der Waals surface area (Å²) < 4.78 is 7.85. The molecule has 3 heterocycles. The Hall–Kier alpha value is -4.27. The standard InChI is InChI=1S/C24H26N8O/c1-15(2)33-21-9-16(19-13-29-32(4)14-19)5-6-20(21)30-24-28-12-17-7-8-27-22(23(17)31-24)18(10-25)11-26-3/h5-15H,25H2,1-4H3,(H,28,30,31). The van der Waals surface area contributed by atoms with E-state index in [2.05, 4.69) is 25.4 Å². The molecule has 0 aliphatic heterocycles. The molecular weight excluding hydrogens is 416 g/mol. The number of hydrogen-bond donors (Lipinski definition) is 2. The molecule has 168 valence electrons. The quantitative estimate of drug-likeness (QED) is 0.416. The van der Waals surface area contributed by atoms with E-state index in [9.17, 15) is 0 Å². The molecule has 0 atom stereocenters. The predicted molar refractivity (Wildman–Crippen MR) is 132 cm³/mol. The highest BCUT2D eigenvalue weighted by atomic mass is 16.5. The summed E-state index contributed by atoms with van der Waals surface area (Å²) in [5.41, 5.74) is 10.6. The molecule has 0 bridgehead atoms. The van der Waals surface area contributed by atoms with Crippen LogP contribution in [0.25, 0.3) is 27.6 Å². The summed E-state index contributed by atoms with van der Waals surface area (Å²) >= 11 is 0. The van der Waals surface area contributed by atoms with Crippen molar-refractivity contribution in [2.75, 3.05) is 12.4 Å². The average molecular weight is 443 g/mol. The lowest BCUT2D eigenvalue weighted by Gasteiger charge is -2.16. The van der Waals surface area contributed by atoms with Gasteiger partial charge in [-0.1, -0.05) is 6.07 Å². The van der Waals surface area contributed by atoms with E-state index in [0.717, 1.165) is 22.2 Å². The van der Waals surface area contributed by atoms with Gasteiger partial charge in [-0.15, -0.1) is 0 Å². The van der Waals surface area contributed by atoms with Gasteiger partial charge in [-0.25, -0.2) is 9.97 Å². The number of aliphatic imine (C=N–C) groups is 1. The summed E-state index contributed by atoms with van der Waals surface area (Å²) in [7, 11) is 3.57. The van der Waals surface area contributed by atoms with Gasteiger partial charge in [-0.2, -0.15) is 5.10 Å². The van der Waals surface area contributed by atoms with E-state index in [1.54, 1.807) is 30.3 Å². The van der Waals surface area contributed by atoms with Crippen LogP contribution in [0.2, 0.25) is 0 Å². The van der Waals surface area contributed by atoms with Crippen molar-refractivity contribution in [2.45, 2.75) is 20.0 Å². The van der Waals surface area contributed by atoms with Crippen LogP contribution in [-0.4, -0.2) is 44.1 Å². The Labute approximate surface area is 192 Å². The van der Waals surface area contributed by atoms with Gasteiger partial charge >= 0.3 is 0 Å². The predicted octanol–water partition coefficient (Wildman–Crippen LogP) is 3.96. The molecule has 0 unspecified atom stereocenters. The van der Waals surface area contributed by atoms with E-state index >= 15 is 0 Å². The van der Waals surface area contributed by atoms with Crippen LogP contribution in [0.4, 0.5) is 11.6 Å². The molecule has 0 radical (unpaired) electrons. The number of hydrogen-bond acceptors (Lipinski definition) is 8. The second-order valence-electron chi connectivity index (χ2n) is 7.71. The summed E-state index contributed by atoms with van der Waals surface area (Å²) in [6.45, 7) is 3.97. The summed E-state index contributed by atoms with van der Waals surface area (Å²) in [6, 6.07) is 7.80. The highest BCUT2D eigenvalue weighted by molar-refractivity contribution is 6.12. The Kier molecular flexibility index (Phi) is 6.30. The molecule has 0 aliphatic carbocycles. The number of aromatic nitrogens is 5. The van der Waals surface area contributed by atoms with E-state index in [1.165, 1.54) is 6.20 Å². The lowest BCUT2D eigenvalue weighted by Crippen LogP contribution is -2.08. The van der Waals surface area contributed by atoms with Gasteiger partial charge in [0.05, 0.1) is 23.7 Å². The fourth-order valence-electron chi connectivity index (χ4n) is 3.40. The molecule has 4 rings (SSSR count). The molecular formula is C24H26N8O. The van der Waals surface area contributed by atoms with Crippen molar-refractivity contribution in [1.82, 2.24) is 24.7 Å². The van der Waals surface area contributed by atoms with Gasteiger partial charge < -0.3 is 15.8 Å². The molecule has 0 spiro atoms. The molecule has 9 nitrogen and oxygen atoms in total. The van der Waals surface area contributed by atoms with Crippen molar-refractivity contribution in [1.29, 1.82) is 0 Å². The first kappa shape index (κ1) is 21.9. The van der Waals surface area contributed by atoms with Gasteiger partial charge in [0.2, 0.25) is 5.95 Å². The second kappa shape index (κ2) is 9.47. The van der Waals surface area contributed by atoms with Crippen LogP contribution in [0.3, 0.4) is 0 Å². The second-order valence-corrected chi connectivity index (χ2v) is 7.71. The van der Waals surface area contributed by atoms with Gasteiger partial charge in [-0.05, 0) is 37.6 Å². The van der Waals surface area contributed by atoms with Crippen LogP contribution in [0.1, 0.15) is 19.5 Å². The third-order valence-electron chi connectivity index (χ3n) is 4.85. The third-order valence-corrected chi connectivity index (χ3v) is 4.85. The zero-order valence-electron chi connectivity index (χ0n) is 19.0. The number of anilines is 2. The van der Waals surface area contributed by atoms with Crippen molar-refractivity contribution in [3.8, 4) is 16.9 Å². The fourth-order valence-corrected chi connectivity index (χ4v) is 3.40. The molecule has 1 aromatic carbocycles. The van der Waals surface area contributed by atoms with Crippen molar-refractivity contribution < 1.29 is 4.74 Å². The Morgan fingerprint density at radius 2 is 2.03 bits per heavy atom. The zero-order valence-corrected chi connectivity index (χ0v) is 19.0. The number of nitrogens with two attached hydrogens (primary N) is 1. The fraction of sp³-hybridized carbons (Fsp3) is 0.208. The number of pyridine rings is 1. The molecule has 3 aromatic heterocycles. The first-order valence-corrected chi connectivity index (χ1v) is 10.5. The molecule has 0 fully saturated rings. The Bertz CT molecular complexity index is 1340. The van der Waals surface area contributed by atoms with Crippen molar-refractivity contribution in [3.05, 3.63) is 60.9 Å². The molecule has 0 saturated heterocycles. The van der Waals surface area contributed by atoms with Crippen LogP contribution < -0.4 is 15.8 Å². The molecule has 9 heteroatoms. The van der Waals surface area contributed by atoms with Crippen LogP contribution in [0, 0.1) is 0 Å². The number of benzene rings is 1. The first-order chi connectivity index (χ1) is 16.0. The van der Waals surface area contributed by atoms with Gasteiger partial charge in [0, 0.05) is 61.6 Å². The van der Waals surface area contributed by atoms with Crippen LogP contribution in [0.5, 0.6) is 5.75 Å². The van der Waals surface area contributed by atoms with E-state index < -0.39 is 0 Å². The summed E-state index contributed by atoms with van der Waals surface area (Å²) in [5, 5.41) is 8.39. The average Bonchev–Trinajstić information content (AvgIpc) is 3.24. The number of nitrogens with zero attached hydrogens (tertiary/aromatic N) is 6. The molecule has 33 heavy (non-hydrogen) atoms. The third kappa shape index (κ3) is 4.82. The van der Waals surface area contributed by atoms with E-state index in [-0.39, 0.29) is 6.10 Å². The summed E-state index contributed by atoms with van der Waals surface area (Å²) in [5.74, 6) is 1.12. The van der Waals surface area contributed by atoms with E-state index in [0.29, 0.717) is 28.5 Å². The minimum absolute atomic E-state index is 0.00592. The van der Waals surface area contributed by atoms with Gasteiger partial charge in [-0.3, -0.25) is 14.7 Å². The number of allylic oxidation sites excluding steroid dienone is 1. The molecule has 4 aromatic rings. The molecule has 0 amide bonds. The number of rotatable bonds is 7. The maximum Gasteiger partial charge on any atom is 0.227 e. The summed E-state index contributed by atoms with van der Waals surface area (Å²) in [6.07, 6.45) is 10.4. The minimum atomic E-state index is -0.00592. The van der Waals surface area contributed by atoms with Crippen molar-refractivity contribution >= 4 is 34.3 Å². The highest BCUT2D eigenvalue weighted by Crippen LogP contribution is 2.33. The topological polar surface area (TPSA) is 116 Å². The maximum atomic E-state index is 6.08. The van der Waals surface area contributed by atoms with Gasteiger partial charge in [0.1, 0.15) is 11.3 Å². The van der Waals surface area contributed by atoms with Gasteiger partial charge in [0.15, 0.2) is 0 Å². The lowest BCUT2D eigenvalue weighted by molar-refractivity contribution is 0.244. The first-order valence-electron chi connectivity index (χ1n) is 10.5. The van der Waals surface area contributed by atoms with Crippen molar-refractivity contribution in [3.63, 3.8) is 0 Å². The van der Waals surface area contributed by atoms with Gasteiger partial charge in [0.25, 0.3) is 0 Å². The highest BCUT2D eigenvalue weighted by Gasteiger charge is 2.13. The zero-order chi connectivity index (χ0) is 23.4. The van der Waals surface area contributed by atoms with E-state index in [1.807, 2.05) is 57.6 Å². The van der Waals surface area contributed by atoms with Crippen molar-refractivity contribution in [2.24, 2.45) is 17.8 Å². The van der Waals surface area contributed by atoms with E-state index in [4.69, 9.17) is 15.5 Å².